The maximum Gasteiger partial charge on any atom is 0.310 e. The normalized spacial score (nSPS) is 11.9. The summed E-state index contributed by atoms with van der Waals surface area (Å²) in [6.45, 7) is 8.89. The molecule has 1 aromatic rings. The lowest BCUT2D eigenvalue weighted by Gasteiger charge is -2.12. The van der Waals surface area contributed by atoms with Crippen LogP contribution in [0.5, 0.6) is 5.75 Å². The van der Waals surface area contributed by atoms with Crippen molar-refractivity contribution in [1.29, 1.82) is 0 Å². The van der Waals surface area contributed by atoms with Crippen LogP contribution < -0.4 is 10.1 Å². The van der Waals surface area contributed by atoms with E-state index in [0.717, 1.165) is 12.1 Å². The molecule has 1 unspecified atom stereocenters. The molecule has 1 rings (SSSR count). The van der Waals surface area contributed by atoms with Crippen LogP contribution in [0, 0.1) is 10.1 Å². The van der Waals surface area contributed by atoms with Gasteiger partial charge in [-0.15, -0.1) is 0 Å². The number of nitro groups is 1. The van der Waals surface area contributed by atoms with E-state index in [0.29, 0.717) is 6.54 Å². The van der Waals surface area contributed by atoms with Crippen LogP contribution in [0.25, 0.3) is 0 Å². The molecule has 0 spiro atoms. The van der Waals surface area contributed by atoms with Gasteiger partial charge in [-0.2, -0.15) is 0 Å². The highest BCUT2D eigenvalue weighted by Crippen LogP contribution is 2.29. The Bertz CT molecular complexity index is 432. The Morgan fingerprint density at radius 2 is 2.33 bits per heavy atom. The lowest BCUT2D eigenvalue weighted by atomic mass is 10.2. The van der Waals surface area contributed by atoms with Gasteiger partial charge in [-0.1, -0.05) is 25.6 Å². The van der Waals surface area contributed by atoms with Gasteiger partial charge in [-0.25, -0.2) is 0 Å². The van der Waals surface area contributed by atoms with E-state index in [1.807, 2.05) is 6.92 Å². The number of nitrogens with one attached hydrogen (secondary N) is 1. The first-order valence-corrected chi connectivity index (χ1v) is 5.85. The third-order valence-electron chi connectivity index (χ3n) is 2.44. The third kappa shape index (κ3) is 3.85. The van der Waals surface area contributed by atoms with Gasteiger partial charge in [0, 0.05) is 12.6 Å². The monoisotopic (exact) mass is 250 g/mol. The molecule has 5 nitrogen and oxygen atoms in total. The van der Waals surface area contributed by atoms with Crippen LogP contribution in [0.3, 0.4) is 0 Å². The van der Waals surface area contributed by atoms with Crippen molar-refractivity contribution >= 4 is 5.69 Å². The Kier molecular flexibility index (Phi) is 5.32. The predicted octanol–water partition coefficient (Wildman–Crippen LogP) is 2.66. The lowest BCUT2D eigenvalue weighted by molar-refractivity contribution is -0.386. The average Bonchev–Trinajstić information content (AvgIpc) is 2.36. The minimum Gasteiger partial charge on any atom is -0.480 e. The number of benzene rings is 1. The molecule has 1 atom stereocenters. The highest BCUT2D eigenvalue weighted by molar-refractivity contribution is 5.48. The summed E-state index contributed by atoms with van der Waals surface area (Å²) in [6, 6.07) is 4.89. The van der Waals surface area contributed by atoms with Crippen LogP contribution in [0.1, 0.15) is 19.4 Å². The Balaban J connectivity index is 2.99. The first kappa shape index (κ1) is 14.2. The van der Waals surface area contributed by atoms with Crippen molar-refractivity contribution in [2.24, 2.45) is 0 Å². The quantitative estimate of drug-likeness (QED) is 0.459. The molecule has 0 radical (unpaired) electrons. The van der Waals surface area contributed by atoms with Gasteiger partial charge in [-0.05, 0) is 25.1 Å². The molecule has 0 aromatic heterocycles. The number of hydrogen-bond donors (Lipinski definition) is 1. The summed E-state index contributed by atoms with van der Waals surface area (Å²) >= 11 is 0. The van der Waals surface area contributed by atoms with Crippen molar-refractivity contribution in [2.45, 2.75) is 26.5 Å². The number of nitro benzene ring substituents is 1. The second-order valence-corrected chi connectivity index (χ2v) is 3.90. The van der Waals surface area contributed by atoms with E-state index in [1.165, 1.54) is 6.07 Å². The molecule has 98 valence electrons. The van der Waals surface area contributed by atoms with Crippen molar-refractivity contribution in [3.63, 3.8) is 0 Å². The molecule has 1 aromatic carbocycles. The van der Waals surface area contributed by atoms with Gasteiger partial charge in [0.15, 0.2) is 5.75 Å². The first-order valence-electron chi connectivity index (χ1n) is 5.85. The number of nitrogens with zero attached hydrogens (tertiary/aromatic N) is 1. The highest BCUT2D eigenvalue weighted by atomic mass is 16.6. The molecule has 0 aliphatic heterocycles. The average molecular weight is 250 g/mol. The zero-order valence-electron chi connectivity index (χ0n) is 10.7. The molecule has 18 heavy (non-hydrogen) atoms. The molecule has 5 heteroatoms. The van der Waals surface area contributed by atoms with Crippen molar-refractivity contribution in [2.75, 3.05) is 6.54 Å². The molecule has 0 saturated carbocycles. The van der Waals surface area contributed by atoms with E-state index in [9.17, 15) is 10.1 Å². The summed E-state index contributed by atoms with van der Waals surface area (Å²) in [5.74, 6) is 0.280. The van der Waals surface area contributed by atoms with Gasteiger partial charge in [-0.3, -0.25) is 10.1 Å². The van der Waals surface area contributed by atoms with Crippen molar-refractivity contribution in [3.05, 3.63) is 46.5 Å². The lowest BCUT2D eigenvalue weighted by Crippen LogP contribution is -2.13. The van der Waals surface area contributed by atoms with Gasteiger partial charge in [0.25, 0.3) is 0 Å². The van der Waals surface area contributed by atoms with Gasteiger partial charge in [0.2, 0.25) is 0 Å². The molecule has 0 heterocycles. The standard InChI is InChI=1S/C13H18N2O3/c1-4-10(3)18-13-8-11(9-14-5-2)6-7-12(13)15(16)17/h4,6-8,10,14H,1,5,9H2,2-3H3. The summed E-state index contributed by atoms with van der Waals surface area (Å²) in [5, 5.41) is 14.1. The first-order chi connectivity index (χ1) is 8.58. The van der Waals surface area contributed by atoms with Crippen LogP contribution in [0.15, 0.2) is 30.9 Å². The van der Waals surface area contributed by atoms with Crippen LogP contribution in [-0.2, 0) is 6.54 Å². The van der Waals surface area contributed by atoms with E-state index < -0.39 is 4.92 Å². The van der Waals surface area contributed by atoms with E-state index >= 15 is 0 Å². The Hall–Kier alpha value is -1.88. The SMILES string of the molecule is C=CC(C)Oc1cc(CNCC)ccc1[N+](=O)[O-]. The summed E-state index contributed by atoms with van der Waals surface area (Å²) in [7, 11) is 0. The zero-order chi connectivity index (χ0) is 13.5. The van der Waals surface area contributed by atoms with Crippen molar-refractivity contribution < 1.29 is 9.66 Å². The maximum absolute atomic E-state index is 10.9. The van der Waals surface area contributed by atoms with Gasteiger partial charge in [0.1, 0.15) is 6.10 Å². The fourth-order valence-corrected chi connectivity index (χ4v) is 1.43. The summed E-state index contributed by atoms with van der Waals surface area (Å²) in [4.78, 5) is 10.5. The molecule has 0 saturated heterocycles. The second-order valence-electron chi connectivity index (χ2n) is 3.90. The van der Waals surface area contributed by atoms with E-state index in [1.54, 1.807) is 25.1 Å². The van der Waals surface area contributed by atoms with Crippen LogP contribution in [0.4, 0.5) is 5.69 Å². The fraction of sp³-hybridized carbons (Fsp3) is 0.385. The largest absolute Gasteiger partial charge is 0.480 e. The van der Waals surface area contributed by atoms with Gasteiger partial charge in [0.05, 0.1) is 4.92 Å². The Morgan fingerprint density at radius 1 is 1.61 bits per heavy atom. The third-order valence-corrected chi connectivity index (χ3v) is 2.44. The minimum absolute atomic E-state index is 0.0241. The molecule has 0 bridgehead atoms. The summed E-state index contributed by atoms with van der Waals surface area (Å²) in [6.07, 6.45) is 1.33. The fourth-order valence-electron chi connectivity index (χ4n) is 1.43. The summed E-state index contributed by atoms with van der Waals surface area (Å²) < 4.78 is 5.49. The second kappa shape index (κ2) is 6.76. The Morgan fingerprint density at radius 3 is 2.89 bits per heavy atom. The van der Waals surface area contributed by atoms with Gasteiger partial charge < -0.3 is 10.1 Å². The van der Waals surface area contributed by atoms with E-state index in [4.69, 9.17) is 4.74 Å². The van der Waals surface area contributed by atoms with Crippen LogP contribution in [0.2, 0.25) is 0 Å². The van der Waals surface area contributed by atoms with Crippen LogP contribution >= 0.6 is 0 Å². The molecule has 0 fully saturated rings. The van der Waals surface area contributed by atoms with Crippen molar-refractivity contribution in [3.8, 4) is 5.75 Å². The van der Waals surface area contributed by atoms with Crippen molar-refractivity contribution in [1.82, 2.24) is 5.32 Å². The molecule has 0 amide bonds. The maximum atomic E-state index is 10.9. The van der Waals surface area contributed by atoms with E-state index in [2.05, 4.69) is 11.9 Å². The molecule has 0 aliphatic carbocycles. The number of rotatable bonds is 7. The molecular weight excluding hydrogens is 232 g/mol. The minimum atomic E-state index is -0.442. The smallest absolute Gasteiger partial charge is 0.310 e. The number of hydrogen-bond acceptors (Lipinski definition) is 4. The highest BCUT2D eigenvalue weighted by Gasteiger charge is 2.16. The summed E-state index contributed by atoms with van der Waals surface area (Å²) in [5.41, 5.74) is 0.928. The molecule has 0 aliphatic rings. The predicted molar refractivity (Wildman–Crippen MR) is 70.8 cm³/mol. The molecular formula is C13H18N2O3. The van der Waals surface area contributed by atoms with Crippen LogP contribution in [-0.4, -0.2) is 17.6 Å². The van der Waals surface area contributed by atoms with E-state index in [-0.39, 0.29) is 17.5 Å². The van der Waals surface area contributed by atoms with Gasteiger partial charge >= 0.3 is 5.69 Å². The Labute approximate surface area is 107 Å². The number of ether oxygens (including phenoxy) is 1. The zero-order valence-corrected chi connectivity index (χ0v) is 10.7. The molecule has 1 N–H and O–H groups in total. The topological polar surface area (TPSA) is 64.4 Å².